The van der Waals surface area contributed by atoms with E-state index in [-0.39, 0.29) is 0 Å². The van der Waals surface area contributed by atoms with Crippen molar-refractivity contribution in [3.05, 3.63) is 0 Å². The smallest absolute Gasteiger partial charge is 0.0238 e. The van der Waals surface area contributed by atoms with Gasteiger partial charge in [-0.25, -0.2) is 0 Å². The molecule has 0 spiro atoms. The van der Waals surface area contributed by atoms with E-state index >= 15 is 0 Å². The summed E-state index contributed by atoms with van der Waals surface area (Å²) < 4.78 is 0. The van der Waals surface area contributed by atoms with E-state index in [4.69, 9.17) is 0 Å². The fraction of sp³-hybridized carbons (Fsp3) is 1.00. The van der Waals surface area contributed by atoms with Crippen LogP contribution < -0.4 is 5.32 Å². The van der Waals surface area contributed by atoms with E-state index in [0.717, 1.165) is 12.1 Å². The maximum atomic E-state index is 3.68. The van der Waals surface area contributed by atoms with E-state index < -0.39 is 0 Å². The molecule has 100 valence electrons. The number of likely N-dealkylation sites (N-methyl/N-ethyl adjacent to an activating group) is 1. The van der Waals surface area contributed by atoms with Crippen LogP contribution in [0.25, 0.3) is 0 Å². The maximum absolute atomic E-state index is 3.68. The van der Waals surface area contributed by atoms with Gasteiger partial charge in [0, 0.05) is 31.2 Å². The van der Waals surface area contributed by atoms with Crippen LogP contribution in [0, 0.1) is 0 Å². The summed E-state index contributed by atoms with van der Waals surface area (Å²) >= 11 is 0. The van der Waals surface area contributed by atoms with Crippen LogP contribution in [0.15, 0.2) is 0 Å². The lowest BCUT2D eigenvalue weighted by Crippen LogP contribution is -2.50. The summed E-state index contributed by atoms with van der Waals surface area (Å²) in [7, 11) is 2.25. The molecule has 0 aliphatic carbocycles. The second kappa shape index (κ2) is 6.17. The average Bonchev–Trinajstić information content (AvgIpc) is 2.73. The van der Waals surface area contributed by atoms with E-state index in [1.54, 1.807) is 0 Å². The molecule has 2 unspecified atom stereocenters. The number of nitrogens with zero attached hydrogens (tertiary/aromatic N) is 2. The van der Waals surface area contributed by atoms with Crippen LogP contribution in [-0.2, 0) is 0 Å². The monoisotopic (exact) mass is 239 g/mol. The third kappa shape index (κ3) is 3.67. The van der Waals surface area contributed by atoms with Gasteiger partial charge in [0.1, 0.15) is 0 Å². The molecule has 2 atom stereocenters. The van der Waals surface area contributed by atoms with Gasteiger partial charge in [-0.1, -0.05) is 6.42 Å². The molecule has 0 aromatic heterocycles. The van der Waals surface area contributed by atoms with E-state index in [9.17, 15) is 0 Å². The van der Waals surface area contributed by atoms with Crippen LogP contribution in [0.5, 0.6) is 0 Å². The summed E-state index contributed by atoms with van der Waals surface area (Å²) in [5, 5.41) is 3.68. The Kier molecular flexibility index (Phi) is 4.83. The number of rotatable bonds is 4. The minimum absolute atomic E-state index is 0.676. The van der Waals surface area contributed by atoms with Crippen LogP contribution in [0.1, 0.15) is 39.5 Å². The molecule has 0 aromatic carbocycles. The zero-order valence-electron chi connectivity index (χ0n) is 11.8. The Labute approximate surface area is 107 Å². The molecule has 2 heterocycles. The number of nitrogens with one attached hydrogen (secondary N) is 1. The van der Waals surface area contributed by atoms with Crippen molar-refractivity contribution in [2.24, 2.45) is 0 Å². The van der Waals surface area contributed by atoms with Gasteiger partial charge in [-0.05, 0) is 53.2 Å². The molecule has 17 heavy (non-hydrogen) atoms. The first-order chi connectivity index (χ1) is 8.16. The van der Waals surface area contributed by atoms with Gasteiger partial charge in [-0.2, -0.15) is 0 Å². The third-order valence-corrected chi connectivity index (χ3v) is 4.34. The van der Waals surface area contributed by atoms with E-state index in [0.29, 0.717) is 6.04 Å². The second-order valence-electron chi connectivity index (χ2n) is 6.14. The topological polar surface area (TPSA) is 18.5 Å². The first-order valence-corrected chi connectivity index (χ1v) is 7.34. The van der Waals surface area contributed by atoms with Crippen LogP contribution in [0.4, 0.5) is 0 Å². The molecule has 2 fully saturated rings. The Balaban J connectivity index is 1.87. The first-order valence-electron chi connectivity index (χ1n) is 7.34. The van der Waals surface area contributed by atoms with E-state index in [1.807, 2.05) is 0 Å². The molecule has 0 bridgehead atoms. The Morgan fingerprint density at radius 1 is 1.29 bits per heavy atom. The SMILES string of the molecule is CC(C)N(CC1CCCCN1)C1CCN(C)C1. The Morgan fingerprint density at radius 2 is 2.12 bits per heavy atom. The summed E-state index contributed by atoms with van der Waals surface area (Å²) in [6, 6.07) is 2.19. The van der Waals surface area contributed by atoms with E-state index in [1.165, 1.54) is 51.9 Å². The molecule has 2 aliphatic heterocycles. The van der Waals surface area contributed by atoms with Crippen molar-refractivity contribution in [3.63, 3.8) is 0 Å². The van der Waals surface area contributed by atoms with Crippen molar-refractivity contribution in [2.45, 2.75) is 57.7 Å². The molecule has 0 radical (unpaired) electrons. The summed E-state index contributed by atoms with van der Waals surface area (Å²) in [6.45, 7) is 9.69. The van der Waals surface area contributed by atoms with Gasteiger partial charge < -0.3 is 10.2 Å². The van der Waals surface area contributed by atoms with Gasteiger partial charge in [-0.3, -0.25) is 4.90 Å². The van der Waals surface area contributed by atoms with Crippen molar-refractivity contribution in [1.29, 1.82) is 0 Å². The van der Waals surface area contributed by atoms with Crippen LogP contribution in [-0.4, -0.2) is 61.2 Å². The first kappa shape index (κ1) is 13.3. The molecule has 3 nitrogen and oxygen atoms in total. The maximum Gasteiger partial charge on any atom is 0.0238 e. The second-order valence-corrected chi connectivity index (χ2v) is 6.14. The van der Waals surface area contributed by atoms with Gasteiger partial charge in [0.25, 0.3) is 0 Å². The molecule has 0 saturated carbocycles. The molecule has 0 aromatic rings. The predicted octanol–water partition coefficient (Wildman–Crippen LogP) is 1.54. The Morgan fingerprint density at radius 3 is 2.65 bits per heavy atom. The van der Waals surface area contributed by atoms with Crippen molar-refractivity contribution < 1.29 is 0 Å². The lowest BCUT2D eigenvalue weighted by molar-refractivity contribution is 0.131. The number of likely N-dealkylation sites (tertiary alicyclic amines) is 1. The van der Waals surface area contributed by atoms with Crippen LogP contribution in [0.3, 0.4) is 0 Å². The number of hydrogen-bond acceptors (Lipinski definition) is 3. The Hall–Kier alpha value is -0.120. The normalized spacial score (nSPS) is 31.6. The predicted molar refractivity (Wildman–Crippen MR) is 73.4 cm³/mol. The largest absolute Gasteiger partial charge is 0.313 e. The van der Waals surface area contributed by atoms with E-state index in [2.05, 4.69) is 36.0 Å². The lowest BCUT2D eigenvalue weighted by atomic mass is 10.0. The standard InChI is InChI=1S/C14H29N3/c1-12(2)17(14-7-9-16(3)11-14)10-13-6-4-5-8-15-13/h12-15H,4-11H2,1-3H3. The summed E-state index contributed by atoms with van der Waals surface area (Å²) in [5.74, 6) is 0. The Bertz CT molecular complexity index is 224. The zero-order valence-corrected chi connectivity index (χ0v) is 11.8. The molecule has 0 amide bonds. The molecule has 1 N–H and O–H groups in total. The summed E-state index contributed by atoms with van der Waals surface area (Å²) in [6.07, 6.45) is 5.49. The van der Waals surface area contributed by atoms with Crippen molar-refractivity contribution in [3.8, 4) is 0 Å². The van der Waals surface area contributed by atoms with Gasteiger partial charge in [0.15, 0.2) is 0 Å². The minimum Gasteiger partial charge on any atom is -0.313 e. The zero-order chi connectivity index (χ0) is 12.3. The average molecular weight is 239 g/mol. The lowest BCUT2D eigenvalue weighted by Gasteiger charge is -2.37. The fourth-order valence-electron chi connectivity index (χ4n) is 3.30. The molecule has 2 rings (SSSR count). The number of hydrogen-bond donors (Lipinski definition) is 1. The van der Waals surface area contributed by atoms with Crippen LogP contribution >= 0.6 is 0 Å². The van der Waals surface area contributed by atoms with Gasteiger partial charge >= 0.3 is 0 Å². The summed E-state index contributed by atoms with van der Waals surface area (Å²) in [5.41, 5.74) is 0. The fourth-order valence-corrected chi connectivity index (χ4v) is 3.30. The molecular formula is C14H29N3. The molecule has 2 aliphatic rings. The van der Waals surface area contributed by atoms with Gasteiger partial charge in [-0.15, -0.1) is 0 Å². The van der Waals surface area contributed by atoms with Crippen molar-refractivity contribution in [2.75, 3.05) is 33.2 Å². The highest BCUT2D eigenvalue weighted by Crippen LogP contribution is 2.19. The van der Waals surface area contributed by atoms with Crippen molar-refractivity contribution in [1.82, 2.24) is 15.1 Å². The van der Waals surface area contributed by atoms with Gasteiger partial charge in [0.05, 0.1) is 0 Å². The third-order valence-electron chi connectivity index (χ3n) is 4.34. The highest BCUT2D eigenvalue weighted by atomic mass is 15.3. The van der Waals surface area contributed by atoms with Crippen LogP contribution in [0.2, 0.25) is 0 Å². The molecule has 2 saturated heterocycles. The molecule has 3 heteroatoms. The highest BCUT2D eigenvalue weighted by Gasteiger charge is 2.29. The van der Waals surface area contributed by atoms with Crippen molar-refractivity contribution >= 4 is 0 Å². The quantitative estimate of drug-likeness (QED) is 0.803. The minimum atomic E-state index is 0.676. The molecular weight excluding hydrogens is 210 g/mol. The summed E-state index contributed by atoms with van der Waals surface area (Å²) in [4.78, 5) is 5.20. The van der Waals surface area contributed by atoms with Gasteiger partial charge in [0.2, 0.25) is 0 Å². The highest BCUT2D eigenvalue weighted by molar-refractivity contribution is 4.87. The number of piperidine rings is 1.